The van der Waals surface area contributed by atoms with E-state index in [1.165, 1.54) is 38.5 Å². The topological polar surface area (TPSA) is 87.3 Å². The van der Waals surface area contributed by atoms with Gasteiger partial charge in [-0.1, -0.05) is 44.7 Å². The Hall–Kier alpha value is -1.60. The van der Waals surface area contributed by atoms with Gasteiger partial charge in [0.05, 0.1) is 17.0 Å². The van der Waals surface area contributed by atoms with Gasteiger partial charge in [0.15, 0.2) is 0 Å². The molecule has 0 radical (unpaired) electrons. The van der Waals surface area contributed by atoms with Gasteiger partial charge >= 0.3 is 0 Å². The highest BCUT2D eigenvalue weighted by atomic mass is 32.2. The average Bonchev–Trinajstić information content (AvgIpc) is 2.87. The summed E-state index contributed by atoms with van der Waals surface area (Å²) in [5, 5.41) is 6.39. The van der Waals surface area contributed by atoms with Gasteiger partial charge < -0.3 is 10.6 Å². The molecule has 1 aromatic carbocycles. The fourth-order valence-electron chi connectivity index (χ4n) is 3.29. The van der Waals surface area contributed by atoms with Crippen LogP contribution in [-0.2, 0) is 10.0 Å². The van der Waals surface area contributed by atoms with Crippen molar-refractivity contribution in [2.24, 2.45) is 0 Å². The zero-order valence-corrected chi connectivity index (χ0v) is 16.4. The van der Waals surface area contributed by atoms with E-state index < -0.39 is 10.0 Å². The van der Waals surface area contributed by atoms with Crippen LogP contribution in [0.2, 0.25) is 0 Å². The molecule has 0 unspecified atom stereocenters. The molecule has 1 aromatic rings. The number of nitrogens with one attached hydrogen (secondary N) is 3. The molecule has 0 aliphatic heterocycles. The molecule has 1 aliphatic rings. The molecule has 0 spiro atoms. The first kappa shape index (κ1) is 20.7. The third-order valence-electron chi connectivity index (χ3n) is 4.61. The summed E-state index contributed by atoms with van der Waals surface area (Å²) in [6.45, 7) is 3.05. The molecule has 1 amide bonds. The first-order valence-electron chi connectivity index (χ1n) is 9.63. The lowest BCUT2D eigenvalue weighted by Crippen LogP contribution is -2.37. The van der Waals surface area contributed by atoms with Crippen LogP contribution < -0.4 is 15.4 Å². The van der Waals surface area contributed by atoms with Gasteiger partial charge in [0.2, 0.25) is 10.0 Å². The minimum atomic E-state index is -3.43. The predicted molar refractivity (Wildman–Crippen MR) is 106 cm³/mol. The average molecular weight is 382 g/mol. The number of anilines is 1. The van der Waals surface area contributed by atoms with Crippen LogP contribution in [-0.4, -0.2) is 39.2 Å². The van der Waals surface area contributed by atoms with Crippen molar-refractivity contribution in [2.45, 2.75) is 57.9 Å². The summed E-state index contributed by atoms with van der Waals surface area (Å²) in [7, 11) is -3.43. The van der Waals surface area contributed by atoms with E-state index >= 15 is 0 Å². The number of carbonyl (C=O) groups is 1. The van der Waals surface area contributed by atoms with E-state index in [0.29, 0.717) is 30.3 Å². The number of benzene rings is 1. The second-order valence-electron chi connectivity index (χ2n) is 6.87. The van der Waals surface area contributed by atoms with Gasteiger partial charge in [0.25, 0.3) is 5.91 Å². The van der Waals surface area contributed by atoms with E-state index in [1.807, 2.05) is 0 Å². The van der Waals surface area contributed by atoms with E-state index in [2.05, 4.69) is 15.4 Å². The predicted octanol–water partition coefficient (Wildman–Crippen LogP) is 2.88. The maximum absolute atomic E-state index is 12.4. The van der Waals surface area contributed by atoms with Crippen molar-refractivity contribution in [1.82, 2.24) is 10.6 Å². The quantitative estimate of drug-likeness (QED) is 0.453. The molecule has 0 atom stereocenters. The van der Waals surface area contributed by atoms with Gasteiger partial charge in [-0.25, -0.2) is 8.42 Å². The molecule has 0 saturated heterocycles. The van der Waals surface area contributed by atoms with Crippen LogP contribution in [0.3, 0.4) is 0 Å². The number of hydrogen-bond acceptors (Lipinski definition) is 4. The van der Waals surface area contributed by atoms with Crippen LogP contribution >= 0.6 is 0 Å². The number of carbonyl (C=O) groups excluding carboxylic acids is 1. The molecule has 6 nitrogen and oxygen atoms in total. The minimum Gasteiger partial charge on any atom is -0.351 e. The summed E-state index contributed by atoms with van der Waals surface area (Å²) in [6, 6.07) is 7.25. The second kappa shape index (κ2) is 10.5. The van der Waals surface area contributed by atoms with Gasteiger partial charge in [0, 0.05) is 19.1 Å². The van der Waals surface area contributed by atoms with E-state index in [-0.39, 0.29) is 11.7 Å². The van der Waals surface area contributed by atoms with Gasteiger partial charge in [-0.3, -0.25) is 9.52 Å². The summed E-state index contributed by atoms with van der Waals surface area (Å²) in [5.41, 5.74) is 0.678. The lowest BCUT2D eigenvalue weighted by molar-refractivity contribution is 0.0954. The summed E-state index contributed by atoms with van der Waals surface area (Å²) in [4.78, 5) is 12.4. The number of amides is 1. The molecule has 1 fully saturated rings. The second-order valence-corrected chi connectivity index (χ2v) is 8.71. The zero-order chi connectivity index (χ0) is 18.8. The lowest BCUT2D eigenvalue weighted by Gasteiger charge is -2.17. The first-order chi connectivity index (χ1) is 12.5. The zero-order valence-electron chi connectivity index (χ0n) is 15.6. The monoisotopic (exact) mass is 381 g/mol. The minimum absolute atomic E-state index is 0.0360. The Morgan fingerprint density at radius 2 is 1.77 bits per heavy atom. The molecule has 1 aliphatic carbocycles. The van der Waals surface area contributed by atoms with Crippen molar-refractivity contribution >= 4 is 21.6 Å². The van der Waals surface area contributed by atoms with Crippen molar-refractivity contribution in [2.75, 3.05) is 23.6 Å². The fourth-order valence-corrected chi connectivity index (χ4v) is 4.44. The molecule has 146 valence electrons. The molecular formula is C19H31N3O3S. The molecule has 1 saturated carbocycles. The third kappa shape index (κ3) is 6.96. The molecule has 0 heterocycles. The van der Waals surface area contributed by atoms with Crippen molar-refractivity contribution in [1.29, 1.82) is 0 Å². The van der Waals surface area contributed by atoms with Gasteiger partial charge in [-0.05, 0) is 31.4 Å². The van der Waals surface area contributed by atoms with Gasteiger partial charge in [-0.15, -0.1) is 0 Å². The summed E-state index contributed by atoms with van der Waals surface area (Å²) < 4.78 is 26.5. The van der Waals surface area contributed by atoms with Crippen LogP contribution in [0.5, 0.6) is 0 Å². The highest BCUT2D eigenvalue weighted by Gasteiger charge is 2.16. The molecule has 26 heavy (non-hydrogen) atoms. The van der Waals surface area contributed by atoms with Gasteiger partial charge in [0.1, 0.15) is 0 Å². The van der Waals surface area contributed by atoms with E-state index in [9.17, 15) is 13.2 Å². The third-order valence-corrected chi connectivity index (χ3v) is 6.09. The number of sulfonamides is 1. The molecule has 0 aromatic heterocycles. The van der Waals surface area contributed by atoms with Crippen LogP contribution in [0.4, 0.5) is 5.69 Å². The Kier molecular flexibility index (Phi) is 8.38. The molecule has 2 rings (SSSR count). The van der Waals surface area contributed by atoms with Crippen molar-refractivity contribution in [3.8, 4) is 0 Å². The van der Waals surface area contributed by atoms with Crippen LogP contribution in [0.1, 0.15) is 62.2 Å². The largest absolute Gasteiger partial charge is 0.351 e. The summed E-state index contributed by atoms with van der Waals surface area (Å²) >= 11 is 0. The molecule has 7 heteroatoms. The summed E-state index contributed by atoms with van der Waals surface area (Å²) in [5.74, 6) is -0.226. The number of para-hydroxylation sites is 1. The molecular weight excluding hydrogens is 350 g/mol. The maximum Gasteiger partial charge on any atom is 0.253 e. The number of hydrogen-bond donors (Lipinski definition) is 3. The fraction of sp³-hybridized carbons (Fsp3) is 0.632. The Morgan fingerprint density at radius 3 is 2.46 bits per heavy atom. The molecule has 3 N–H and O–H groups in total. The van der Waals surface area contributed by atoms with Crippen LogP contribution in [0.15, 0.2) is 24.3 Å². The van der Waals surface area contributed by atoms with E-state index in [0.717, 1.165) is 6.54 Å². The Labute approximate surface area is 157 Å². The Morgan fingerprint density at radius 1 is 1.08 bits per heavy atom. The highest BCUT2D eigenvalue weighted by Crippen LogP contribution is 2.18. The SMILES string of the molecule is CCCS(=O)(=O)Nc1ccccc1C(=O)NCCNC1CCCCCC1. The van der Waals surface area contributed by atoms with Crippen LogP contribution in [0, 0.1) is 0 Å². The smallest absolute Gasteiger partial charge is 0.253 e. The summed E-state index contributed by atoms with van der Waals surface area (Å²) in [6.07, 6.45) is 8.12. The molecule has 0 bridgehead atoms. The maximum atomic E-state index is 12.4. The van der Waals surface area contributed by atoms with E-state index in [1.54, 1.807) is 31.2 Å². The number of rotatable bonds is 9. The van der Waals surface area contributed by atoms with Gasteiger partial charge in [-0.2, -0.15) is 0 Å². The normalized spacial score (nSPS) is 16.0. The standard InChI is InChI=1S/C19H31N3O3S/c1-2-15-26(24,25)22-18-12-8-7-11-17(18)19(23)21-14-13-20-16-9-5-3-4-6-10-16/h7-8,11-12,16,20,22H,2-6,9-10,13-15H2,1H3,(H,21,23). The van der Waals surface area contributed by atoms with Crippen LogP contribution in [0.25, 0.3) is 0 Å². The highest BCUT2D eigenvalue weighted by molar-refractivity contribution is 7.92. The van der Waals surface area contributed by atoms with Crippen molar-refractivity contribution in [3.63, 3.8) is 0 Å². The Bertz CT molecular complexity index is 668. The van der Waals surface area contributed by atoms with Crippen molar-refractivity contribution < 1.29 is 13.2 Å². The lowest BCUT2D eigenvalue weighted by atomic mass is 10.1. The Balaban J connectivity index is 1.85. The first-order valence-corrected chi connectivity index (χ1v) is 11.3. The van der Waals surface area contributed by atoms with Crippen molar-refractivity contribution in [3.05, 3.63) is 29.8 Å². The van der Waals surface area contributed by atoms with E-state index in [4.69, 9.17) is 0 Å².